The summed E-state index contributed by atoms with van der Waals surface area (Å²) in [5.41, 5.74) is 0.943. The van der Waals surface area contributed by atoms with Crippen LogP contribution in [0.15, 0.2) is 70.1 Å². The maximum Gasteiger partial charge on any atom is 0.243 e. The van der Waals surface area contributed by atoms with Gasteiger partial charge in [-0.15, -0.1) is 0 Å². The Kier molecular flexibility index (Phi) is 5.43. The van der Waals surface area contributed by atoms with E-state index in [0.717, 1.165) is 5.56 Å². The summed E-state index contributed by atoms with van der Waals surface area (Å²) in [6, 6.07) is 16.0. The number of hydrogen-bond acceptors (Lipinski definition) is 6. The summed E-state index contributed by atoms with van der Waals surface area (Å²) in [6.45, 7) is 1.73. The summed E-state index contributed by atoms with van der Waals surface area (Å²) in [6.07, 6.45) is 1.66. The Bertz CT molecular complexity index is 1010. The molecule has 2 aromatic carbocycles. The second-order valence-electron chi connectivity index (χ2n) is 6.26. The number of rotatable bonds is 6. The van der Waals surface area contributed by atoms with Crippen molar-refractivity contribution in [2.75, 3.05) is 26.3 Å². The second kappa shape index (κ2) is 8.14. The van der Waals surface area contributed by atoms with E-state index in [9.17, 15) is 8.42 Å². The molecule has 4 rings (SSSR count). The first-order chi connectivity index (χ1) is 13.6. The zero-order valence-electron chi connectivity index (χ0n) is 15.2. The van der Waals surface area contributed by atoms with Crippen LogP contribution in [0.1, 0.15) is 5.89 Å². The molecule has 0 N–H and O–H groups in total. The number of ether oxygens (including phenoxy) is 2. The third-order valence-electron chi connectivity index (χ3n) is 4.41. The summed E-state index contributed by atoms with van der Waals surface area (Å²) in [4.78, 5) is 4.46. The van der Waals surface area contributed by atoms with Crippen LogP contribution in [0.2, 0.25) is 0 Å². The van der Waals surface area contributed by atoms with E-state index in [2.05, 4.69) is 4.98 Å². The summed E-state index contributed by atoms with van der Waals surface area (Å²) in [7, 11) is -3.51. The van der Waals surface area contributed by atoms with E-state index in [1.165, 1.54) is 4.31 Å². The molecule has 0 atom stereocenters. The average Bonchev–Trinajstić information content (AvgIpc) is 3.23. The molecule has 7 nitrogen and oxygen atoms in total. The van der Waals surface area contributed by atoms with Crippen molar-refractivity contribution in [2.45, 2.75) is 11.5 Å². The van der Waals surface area contributed by atoms with Gasteiger partial charge in [0, 0.05) is 18.7 Å². The van der Waals surface area contributed by atoms with E-state index in [-0.39, 0.29) is 11.5 Å². The van der Waals surface area contributed by atoms with E-state index in [1.807, 2.05) is 30.3 Å². The van der Waals surface area contributed by atoms with Gasteiger partial charge in [0.2, 0.25) is 15.9 Å². The van der Waals surface area contributed by atoms with Crippen LogP contribution < -0.4 is 4.74 Å². The molecule has 1 aliphatic rings. The van der Waals surface area contributed by atoms with E-state index >= 15 is 0 Å². The summed E-state index contributed by atoms with van der Waals surface area (Å²) >= 11 is 0. The van der Waals surface area contributed by atoms with Gasteiger partial charge in [0.05, 0.1) is 24.3 Å². The van der Waals surface area contributed by atoms with E-state index in [1.54, 1.807) is 30.5 Å². The smallest absolute Gasteiger partial charge is 0.243 e. The lowest BCUT2D eigenvalue weighted by Gasteiger charge is -2.26. The molecule has 0 amide bonds. The molecule has 0 unspecified atom stereocenters. The predicted molar refractivity (Wildman–Crippen MR) is 102 cm³/mol. The third kappa shape index (κ3) is 4.09. The molecule has 8 heteroatoms. The highest BCUT2D eigenvalue weighted by Crippen LogP contribution is 2.23. The van der Waals surface area contributed by atoms with Gasteiger partial charge in [-0.05, 0) is 24.3 Å². The first kappa shape index (κ1) is 18.7. The van der Waals surface area contributed by atoms with E-state index in [4.69, 9.17) is 13.9 Å². The molecular weight excluding hydrogens is 380 g/mol. The van der Waals surface area contributed by atoms with E-state index < -0.39 is 10.0 Å². The minimum absolute atomic E-state index is 0.155. The van der Waals surface area contributed by atoms with Crippen molar-refractivity contribution in [2.24, 2.45) is 0 Å². The fourth-order valence-electron chi connectivity index (χ4n) is 2.90. The lowest BCUT2D eigenvalue weighted by molar-refractivity contribution is 0.0730. The monoisotopic (exact) mass is 400 g/mol. The van der Waals surface area contributed by atoms with Crippen molar-refractivity contribution >= 4 is 10.0 Å². The maximum atomic E-state index is 12.6. The highest BCUT2D eigenvalue weighted by molar-refractivity contribution is 7.89. The van der Waals surface area contributed by atoms with Gasteiger partial charge in [0.1, 0.15) is 5.75 Å². The maximum absolute atomic E-state index is 12.6. The topological polar surface area (TPSA) is 81.9 Å². The first-order valence-corrected chi connectivity index (χ1v) is 10.4. The standard InChI is InChI=1S/C20H20N2O5S/c23-28(24,22-10-12-25-13-11-22)18-8-6-17(7-9-18)26-15-20-21-14-19(27-20)16-4-2-1-3-5-16/h1-9,14H,10-13,15H2. The van der Waals surface area contributed by atoms with Crippen LogP contribution in [0.5, 0.6) is 5.75 Å². The molecule has 1 fully saturated rings. The molecule has 1 saturated heterocycles. The number of morpholine rings is 1. The second-order valence-corrected chi connectivity index (χ2v) is 8.20. The number of hydrogen-bond donors (Lipinski definition) is 0. The van der Waals surface area contributed by atoms with Gasteiger partial charge < -0.3 is 13.9 Å². The molecule has 0 aliphatic carbocycles. The molecule has 28 heavy (non-hydrogen) atoms. The Labute approximate surface area is 163 Å². The minimum atomic E-state index is -3.51. The molecule has 1 aliphatic heterocycles. The van der Waals surface area contributed by atoms with Crippen LogP contribution in [0.4, 0.5) is 0 Å². The van der Waals surface area contributed by atoms with Gasteiger partial charge in [0.25, 0.3) is 0 Å². The van der Waals surface area contributed by atoms with Crippen LogP contribution >= 0.6 is 0 Å². The van der Waals surface area contributed by atoms with Crippen LogP contribution in [-0.2, 0) is 21.4 Å². The molecule has 3 aromatic rings. The lowest BCUT2D eigenvalue weighted by atomic mass is 10.2. The van der Waals surface area contributed by atoms with Gasteiger partial charge in [-0.25, -0.2) is 13.4 Å². The van der Waals surface area contributed by atoms with Crippen molar-refractivity contribution in [1.29, 1.82) is 0 Å². The average molecular weight is 400 g/mol. The van der Waals surface area contributed by atoms with Gasteiger partial charge in [-0.1, -0.05) is 30.3 Å². The summed E-state index contributed by atoms with van der Waals surface area (Å²) in [5.74, 6) is 1.66. The Hall–Kier alpha value is -2.68. The van der Waals surface area contributed by atoms with Crippen molar-refractivity contribution in [3.05, 3.63) is 66.7 Å². The largest absolute Gasteiger partial charge is 0.484 e. The molecule has 0 radical (unpaired) electrons. The number of nitrogens with zero attached hydrogens (tertiary/aromatic N) is 2. The van der Waals surface area contributed by atoms with Gasteiger partial charge in [-0.2, -0.15) is 4.31 Å². The molecule has 0 spiro atoms. The molecule has 1 aromatic heterocycles. The molecule has 2 heterocycles. The van der Waals surface area contributed by atoms with Gasteiger partial charge in [-0.3, -0.25) is 0 Å². The van der Waals surface area contributed by atoms with Gasteiger partial charge in [0.15, 0.2) is 12.4 Å². The van der Waals surface area contributed by atoms with Crippen molar-refractivity contribution in [3.63, 3.8) is 0 Å². The first-order valence-electron chi connectivity index (χ1n) is 8.94. The number of sulfonamides is 1. The predicted octanol–water partition coefficient (Wildman–Crippen LogP) is 2.94. The quantitative estimate of drug-likeness (QED) is 0.633. The molecule has 0 bridgehead atoms. The van der Waals surface area contributed by atoms with Crippen LogP contribution in [-0.4, -0.2) is 44.0 Å². The van der Waals surface area contributed by atoms with Crippen LogP contribution in [0.25, 0.3) is 11.3 Å². The van der Waals surface area contributed by atoms with Crippen LogP contribution in [0.3, 0.4) is 0 Å². The SMILES string of the molecule is O=S(=O)(c1ccc(OCc2ncc(-c3ccccc3)o2)cc1)N1CCOCC1. The Balaban J connectivity index is 1.39. The highest BCUT2D eigenvalue weighted by atomic mass is 32.2. The highest BCUT2D eigenvalue weighted by Gasteiger charge is 2.26. The number of aromatic nitrogens is 1. The zero-order chi connectivity index (χ0) is 19.4. The van der Waals surface area contributed by atoms with Gasteiger partial charge >= 0.3 is 0 Å². The third-order valence-corrected chi connectivity index (χ3v) is 6.32. The Morgan fingerprint density at radius 3 is 2.43 bits per heavy atom. The number of oxazole rings is 1. The summed E-state index contributed by atoms with van der Waals surface area (Å²) in [5, 5.41) is 0. The van der Waals surface area contributed by atoms with Crippen molar-refractivity contribution < 1.29 is 22.3 Å². The van der Waals surface area contributed by atoms with Crippen LogP contribution in [0, 0.1) is 0 Å². The molecular formula is C20H20N2O5S. The number of benzene rings is 2. The Morgan fingerprint density at radius 2 is 1.71 bits per heavy atom. The fourth-order valence-corrected chi connectivity index (χ4v) is 4.31. The lowest BCUT2D eigenvalue weighted by Crippen LogP contribution is -2.40. The Morgan fingerprint density at radius 1 is 1.00 bits per heavy atom. The summed E-state index contributed by atoms with van der Waals surface area (Å²) < 4.78 is 43.3. The minimum Gasteiger partial charge on any atom is -0.484 e. The van der Waals surface area contributed by atoms with E-state index in [0.29, 0.717) is 43.7 Å². The molecule has 0 saturated carbocycles. The van der Waals surface area contributed by atoms with Crippen molar-refractivity contribution in [3.8, 4) is 17.1 Å². The normalized spacial score (nSPS) is 15.4. The van der Waals surface area contributed by atoms with Crippen molar-refractivity contribution in [1.82, 2.24) is 9.29 Å². The molecule has 146 valence electrons. The fraction of sp³-hybridized carbons (Fsp3) is 0.250. The zero-order valence-corrected chi connectivity index (χ0v) is 16.0.